The third kappa shape index (κ3) is 4.16. The van der Waals surface area contributed by atoms with Gasteiger partial charge in [0, 0.05) is 25.5 Å². The van der Waals surface area contributed by atoms with Crippen LogP contribution in [0.15, 0.2) is 36.7 Å². The van der Waals surface area contributed by atoms with E-state index in [0.29, 0.717) is 0 Å². The van der Waals surface area contributed by atoms with E-state index < -0.39 is 0 Å². The van der Waals surface area contributed by atoms with Crippen molar-refractivity contribution in [1.82, 2.24) is 24.6 Å². The van der Waals surface area contributed by atoms with E-state index in [1.165, 1.54) is 13.2 Å². The van der Waals surface area contributed by atoms with Crippen molar-refractivity contribution in [3.05, 3.63) is 53.7 Å². The summed E-state index contributed by atoms with van der Waals surface area (Å²) in [5.41, 5.74) is 2.86. The second-order valence-electron chi connectivity index (χ2n) is 6.50. The Hall–Kier alpha value is -2.09. The highest BCUT2D eigenvalue weighted by molar-refractivity contribution is 5.85. The lowest BCUT2D eigenvalue weighted by atomic mass is 10.1. The molecule has 1 aliphatic rings. The molecule has 0 spiro atoms. The molecule has 1 unspecified atom stereocenters. The van der Waals surface area contributed by atoms with E-state index in [2.05, 4.69) is 16.4 Å². The average Bonchev–Trinajstić information content (AvgIpc) is 3.23. The van der Waals surface area contributed by atoms with Crippen LogP contribution in [0.2, 0.25) is 0 Å². The minimum absolute atomic E-state index is 0. The molecule has 3 aromatic rings. The van der Waals surface area contributed by atoms with Gasteiger partial charge in [0.05, 0.1) is 18.8 Å². The van der Waals surface area contributed by atoms with E-state index in [0.717, 1.165) is 48.8 Å². The monoisotopic (exact) mass is 427 g/mol. The number of imidazole rings is 1. The maximum atomic E-state index is 14.1. The number of hydrogen-bond acceptors (Lipinski definition) is 4. The Morgan fingerprint density at radius 2 is 2.07 bits per heavy atom. The molecule has 4 rings (SSSR count). The van der Waals surface area contributed by atoms with Crippen molar-refractivity contribution < 1.29 is 9.13 Å². The fourth-order valence-electron chi connectivity index (χ4n) is 3.40. The Balaban J connectivity index is 0.00000140. The van der Waals surface area contributed by atoms with Gasteiger partial charge >= 0.3 is 0 Å². The molecule has 1 aromatic carbocycles. The van der Waals surface area contributed by atoms with Crippen LogP contribution in [0.3, 0.4) is 0 Å². The van der Waals surface area contributed by atoms with E-state index >= 15 is 0 Å². The normalized spacial score (nSPS) is 14.2. The second-order valence-corrected chi connectivity index (χ2v) is 6.50. The molecule has 3 heterocycles. The van der Waals surface area contributed by atoms with Crippen LogP contribution in [0, 0.1) is 5.82 Å². The lowest BCUT2D eigenvalue weighted by molar-refractivity contribution is 0.385. The fourth-order valence-corrected chi connectivity index (χ4v) is 3.40. The number of nitrogens with zero attached hydrogens (tertiary/aromatic N) is 4. The number of methoxy groups -OCH3 is 1. The summed E-state index contributed by atoms with van der Waals surface area (Å²) in [5.74, 6) is 0.671. The van der Waals surface area contributed by atoms with Gasteiger partial charge in [0.25, 0.3) is 0 Å². The van der Waals surface area contributed by atoms with Gasteiger partial charge < -0.3 is 14.6 Å². The molecular formula is C19H24Cl2FN5O. The highest BCUT2D eigenvalue weighted by atomic mass is 35.5. The van der Waals surface area contributed by atoms with Gasteiger partial charge in [-0.15, -0.1) is 24.8 Å². The first-order valence-corrected chi connectivity index (χ1v) is 8.81. The summed E-state index contributed by atoms with van der Waals surface area (Å²) < 4.78 is 23.2. The SMILES string of the molecule is COc1ccc(C(C)n2ccnc2-c2cc3n(n2)CCCNC3)cc1F.Cl.Cl. The smallest absolute Gasteiger partial charge is 0.165 e. The zero-order valence-electron chi connectivity index (χ0n) is 15.8. The molecule has 1 N–H and O–H groups in total. The molecule has 0 bridgehead atoms. The number of ether oxygens (including phenoxy) is 1. The van der Waals surface area contributed by atoms with Gasteiger partial charge in [-0.3, -0.25) is 4.68 Å². The van der Waals surface area contributed by atoms with Crippen LogP contribution >= 0.6 is 24.8 Å². The van der Waals surface area contributed by atoms with Crippen LogP contribution in [-0.4, -0.2) is 33.0 Å². The first-order chi connectivity index (χ1) is 12.7. The van der Waals surface area contributed by atoms with E-state index in [-0.39, 0.29) is 42.4 Å². The number of aromatic nitrogens is 4. The molecule has 0 amide bonds. The summed E-state index contributed by atoms with van der Waals surface area (Å²) in [6, 6.07) is 7.05. The number of rotatable bonds is 4. The van der Waals surface area contributed by atoms with Gasteiger partial charge in [-0.2, -0.15) is 5.10 Å². The average molecular weight is 428 g/mol. The van der Waals surface area contributed by atoms with Crippen LogP contribution in [-0.2, 0) is 13.1 Å². The number of nitrogens with one attached hydrogen (secondary N) is 1. The molecule has 28 heavy (non-hydrogen) atoms. The number of fused-ring (bicyclic) bond motifs is 1. The summed E-state index contributed by atoms with van der Waals surface area (Å²) >= 11 is 0. The van der Waals surface area contributed by atoms with E-state index in [1.54, 1.807) is 12.3 Å². The molecular weight excluding hydrogens is 404 g/mol. The molecule has 1 atom stereocenters. The largest absolute Gasteiger partial charge is 0.494 e. The van der Waals surface area contributed by atoms with Gasteiger partial charge in [0.2, 0.25) is 0 Å². The first kappa shape index (κ1) is 22.2. The van der Waals surface area contributed by atoms with Crippen LogP contribution in [0.4, 0.5) is 4.39 Å². The van der Waals surface area contributed by atoms with E-state index in [1.807, 2.05) is 28.4 Å². The lowest BCUT2D eigenvalue weighted by Gasteiger charge is -2.17. The topological polar surface area (TPSA) is 56.9 Å². The molecule has 0 radical (unpaired) electrons. The maximum absolute atomic E-state index is 14.1. The summed E-state index contributed by atoms with van der Waals surface area (Å²) in [7, 11) is 1.47. The molecule has 0 saturated heterocycles. The van der Waals surface area contributed by atoms with Gasteiger partial charge in [-0.05, 0) is 43.7 Å². The highest BCUT2D eigenvalue weighted by Gasteiger charge is 2.19. The Bertz CT molecular complexity index is 903. The predicted octanol–water partition coefficient (Wildman–Crippen LogP) is 3.84. The number of aryl methyl sites for hydroxylation is 1. The standard InChI is InChI=1S/C19H22FN5O.2ClH/c1-13(14-4-5-18(26-2)16(20)10-14)24-9-7-22-19(24)17-11-15-12-21-6-3-8-25(15)23-17;;/h4-5,7,9-11,13,21H,3,6,8,12H2,1-2H3;2*1H. The Labute approximate surface area is 175 Å². The third-order valence-electron chi connectivity index (χ3n) is 4.87. The number of halogens is 3. The van der Waals surface area contributed by atoms with E-state index in [9.17, 15) is 4.39 Å². The van der Waals surface area contributed by atoms with E-state index in [4.69, 9.17) is 9.84 Å². The Morgan fingerprint density at radius 1 is 1.25 bits per heavy atom. The maximum Gasteiger partial charge on any atom is 0.165 e. The minimum atomic E-state index is -0.363. The molecule has 152 valence electrons. The molecule has 0 fully saturated rings. The number of hydrogen-bond donors (Lipinski definition) is 1. The lowest BCUT2D eigenvalue weighted by Crippen LogP contribution is -2.11. The fraction of sp³-hybridized carbons (Fsp3) is 0.368. The highest BCUT2D eigenvalue weighted by Crippen LogP contribution is 2.28. The van der Waals surface area contributed by atoms with Crippen LogP contribution in [0.1, 0.15) is 30.6 Å². The summed E-state index contributed by atoms with van der Waals surface area (Å²) in [5, 5.41) is 8.13. The number of benzene rings is 1. The van der Waals surface area contributed by atoms with Crippen molar-refractivity contribution in [2.75, 3.05) is 13.7 Å². The first-order valence-electron chi connectivity index (χ1n) is 8.81. The van der Waals surface area contributed by atoms with Gasteiger partial charge in [-0.1, -0.05) is 6.07 Å². The van der Waals surface area contributed by atoms with Crippen LogP contribution < -0.4 is 10.1 Å². The van der Waals surface area contributed by atoms with Gasteiger partial charge in [-0.25, -0.2) is 9.37 Å². The Kier molecular flexibility index (Phi) is 7.46. The quantitative estimate of drug-likeness (QED) is 0.686. The minimum Gasteiger partial charge on any atom is -0.494 e. The zero-order chi connectivity index (χ0) is 18.1. The summed E-state index contributed by atoms with van der Waals surface area (Å²) in [6.07, 6.45) is 4.73. The third-order valence-corrected chi connectivity index (χ3v) is 4.87. The second kappa shape index (κ2) is 9.41. The van der Waals surface area contributed by atoms with Crippen molar-refractivity contribution in [3.8, 4) is 17.3 Å². The molecule has 0 aliphatic carbocycles. The van der Waals surface area contributed by atoms with Crippen molar-refractivity contribution in [2.24, 2.45) is 0 Å². The van der Waals surface area contributed by atoms with Crippen molar-refractivity contribution in [3.63, 3.8) is 0 Å². The van der Waals surface area contributed by atoms with Crippen molar-refractivity contribution >= 4 is 24.8 Å². The Morgan fingerprint density at radius 3 is 2.82 bits per heavy atom. The predicted molar refractivity (Wildman–Crippen MR) is 111 cm³/mol. The molecule has 1 aliphatic heterocycles. The summed E-state index contributed by atoms with van der Waals surface area (Å²) in [4.78, 5) is 4.50. The van der Waals surface area contributed by atoms with Crippen LogP contribution in [0.5, 0.6) is 5.75 Å². The van der Waals surface area contributed by atoms with Crippen LogP contribution in [0.25, 0.3) is 11.5 Å². The molecule has 6 nitrogen and oxygen atoms in total. The van der Waals surface area contributed by atoms with Crippen molar-refractivity contribution in [1.29, 1.82) is 0 Å². The molecule has 2 aromatic heterocycles. The molecule has 0 saturated carbocycles. The van der Waals surface area contributed by atoms with Crippen molar-refractivity contribution in [2.45, 2.75) is 32.5 Å². The summed E-state index contributed by atoms with van der Waals surface area (Å²) in [6.45, 7) is 4.75. The molecule has 9 heteroatoms. The van der Waals surface area contributed by atoms with Gasteiger partial charge in [0.1, 0.15) is 5.69 Å². The van der Waals surface area contributed by atoms with Gasteiger partial charge in [0.15, 0.2) is 17.4 Å². The zero-order valence-corrected chi connectivity index (χ0v) is 17.4.